The first-order chi connectivity index (χ1) is 3.30. The van der Waals surface area contributed by atoms with Gasteiger partial charge < -0.3 is 5.73 Å². The Morgan fingerprint density at radius 3 is 2.71 bits per heavy atom. The van der Waals surface area contributed by atoms with Crippen LogP contribution in [0.3, 0.4) is 0 Å². The third kappa shape index (κ3) is 0.718. The molecule has 1 heterocycles. The minimum Gasteiger partial charge on any atom is -0.383 e. The highest BCUT2D eigenvalue weighted by Gasteiger charge is 1.90. The number of nitrogens with two attached hydrogens (primary N) is 1. The van der Waals surface area contributed by atoms with Gasteiger partial charge in [-0.25, -0.2) is 4.98 Å². The van der Waals surface area contributed by atoms with E-state index in [0.717, 1.165) is 4.88 Å². The second kappa shape index (κ2) is 1.50. The smallest absolute Gasteiger partial charge is 0.137 e. The van der Waals surface area contributed by atoms with Gasteiger partial charge in [0.1, 0.15) is 5.82 Å². The number of hydrogen-bond donors (Lipinski definition) is 1. The van der Waals surface area contributed by atoms with Crippen LogP contribution in [0.2, 0.25) is 0 Å². The normalized spacial score (nSPS) is 9.29. The molecule has 0 atom stereocenters. The van der Waals surface area contributed by atoms with Crippen molar-refractivity contribution in [3.8, 4) is 0 Å². The van der Waals surface area contributed by atoms with E-state index >= 15 is 0 Å². The van der Waals surface area contributed by atoms with Gasteiger partial charge >= 0.3 is 0 Å². The molecule has 0 saturated heterocycles. The molecule has 1 aromatic rings. The number of nitrogens with zero attached hydrogens (tertiary/aromatic N) is 1. The SMILES string of the molecule is [CH2]c1scnc1N. The predicted molar refractivity (Wildman–Crippen MR) is 31.0 cm³/mol. The molecule has 37 valence electrons. The van der Waals surface area contributed by atoms with Gasteiger partial charge in [-0.15, -0.1) is 11.3 Å². The fourth-order valence-electron chi connectivity index (χ4n) is 0.279. The van der Waals surface area contributed by atoms with Crippen molar-refractivity contribution < 1.29 is 0 Å². The van der Waals surface area contributed by atoms with E-state index in [4.69, 9.17) is 5.73 Å². The van der Waals surface area contributed by atoms with E-state index in [1.54, 1.807) is 5.51 Å². The van der Waals surface area contributed by atoms with Crippen molar-refractivity contribution in [1.29, 1.82) is 0 Å². The summed E-state index contributed by atoms with van der Waals surface area (Å²) >= 11 is 1.46. The van der Waals surface area contributed by atoms with Crippen LogP contribution in [-0.2, 0) is 0 Å². The van der Waals surface area contributed by atoms with E-state index in [9.17, 15) is 0 Å². The molecular formula is C4H5N2S. The number of thiazole rings is 1. The van der Waals surface area contributed by atoms with Gasteiger partial charge in [-0.1, -0.05) is 0 Å². The molecule has 0 unspecified atom stereocenters. The van der Waals surface area contributed by atoms with E-state index in [-0.39, 0.29) is 0 Å². The zero-order valence-electron chi connectivity index (χ0n) is 3.72. The fourth-order valence-corrected chi connectivity index (χ4v) is 0.746. The third-order valence-corrected chi connectivity index (χ3v) is 1.38. The molecule has 0 aliphatic heterocycles. The molecule has 0 aromatic carbocycles. The monoisotopic (exact) mass is 113 g/mol. The Hall–Kier alpha value is -0.570. The zero-order valence-corrected chi connectivity index (χ0v) is 4.53. The molecule has 7 heavy (non-hydrogen) atoms. The van der Waals surface area contributed by atoms with E-state index in [1.807, 2.05) is 0 Å². The Kier molecular flexibility index (Phi) is 0.982. The number of anilines is 1. The molecule has 0 amide bonds. The minimum atomic E-state index is 0.546. The van der Waals surface area contributed by atoms with E-state index in [1.165, 1.54) is 11.3 Å². The highest BCUT2D eigenvalue weighted by Crippen LogP contribution is 2.11. The summed E-state index contributed by atoms with van der Waals surface area (Å²) < 4.78 is 0. The van der Waals surface area contributed by atoms with Gasteiger partial charge in [-0.05, 0) is 6.92 Å². The van der Waals surface area contributed by atoms with Crippen LogP contribution >= 0.6 is 11.3 Å². The van der Waals surface area contributed by atoms with Crippen molar-refractivity contribution in [1.82, 2.24) is 4.98 Å². The topological polar surface area (TPSA) is 38.9 Å². The first kappa shape index (κ1) is 4.59. The Bertz CT molecular complexity index is 142. The van der Waals surface area contributed by atoms with Crippen molar-refractivity contribution in [2.45, 2.75) is 0 Å². The van der Waals surface area contributed by atoms with Crippen LogP contribution in [0.1, 0.15) is 4.88 Å². The molecule has 0 spiro atoms. The van der Waals surface area contributed by atoms with Crippen molar-refractivity contribution in [2.24, 2.45) is 0 Å². The molecule has 1 radical (unpaired) electrons. The molecule has 2 N–H and O–H groups in total. The van der Waals surface area contributed by atoms with Crippen LogP contribution in [0.15, 0.2) is 5.51 Å². The maximum atomic E-state index is 5.28. The highest BCUT2D eigenvalue weighted by molar-refractivity contribution is 7.10. The molecule has 1 rings (SSSR count). The summed E-state index contributed by atoms with van der Waals surface area (Å²) in [5.41, 5.74) is 6.95. The number of nitrogen functional groups attached to an aromatic ring is 1. The molecule has 0 aliphatic rings. The molecule has 3 heteroatoms. The average molecular weight is 113 g/mol. The second-order valence-electron chi connectivity index (χ2n) is 1.16. The van der Waals surface area contributed by atoms with Crippen LogP contribution < -0.4 is 5.73 Å². The lowest BCUT2D eigenvalue weighted by atomic mass is 10.6. The largest absolute Gasteiger partial charge is 0.383 e. The molecular weight excluding hydrogens is 108 g/mol. The van der Waals surface area contributed by atoms with Gasteiger partial charge in [0.15, 0.2) is 0 Å². The standard InChI is InChI=1S/C4H5N2S/c1-3-4(5)6-2-7-3/h2H,1,5H2. The van der Waals surface area contributed by atoms with Crippen molar-refractivity contribution >= 4 is 17.2 Å². The zero-order chi connectivity index (χ0) is 5.28. The maximum Gasteiger partial charge on any atom is 0.137 e. The first-order valence-corrected chi connectivity index (χ1v) is 2.69. The summed E-state index contributed by atoms with van der Waals surface area (Å²) in [5, 5.41) is 0. The minimum absolute atomic E-state index is 0.546. The molecule has 1 aromatic heterocycles. The Morgan fingerprint density at radius 1 is 1.86 bits per heavy atom. The van der Waals surface area contributed by atoms with Gasteiger partial charge in [-0.2, -0.15) is 0 Å². The highest BCUT2D eigenvalue weighted by atomic mass is 32.1. The molecule has 0 fully saturated rings. The van der Waals surface area contributed by atoms with Gasteiger partial charge in [-0.3, -0.25) is 0 Å². The lowest BCUT2D eigenvalue weighted by Gasteiger charge is -1.78. The number of rotatable bonds is 0. The summed E-state index contributed by atoms with van der Waals surface area (Å²) in [6, 6.07) is 0. The van der Waals surface area contributed by atoms with Crippen LogP contribution in [0.5, 0.6) is 0 Å². The van der Waals surface area contributed by atoms with Gasteiger partial charge in [0.2, 0.25) is 0 Å². The third-order valence-electron chi connectivity index (χ3n) is 0.672. The molecule has 0 aliphatic carbocycles. The van der Waals surface area contributed by atoms with Crippen molar-refractivity contribution in [3.05, 3.63) is 17.3 Å². The van der Waals surface area contributed by atoms with E-state index in [2.05, 4.69) is 11.9 Å². The van der Waals surface area contributed by atoms with E-state index in [0.29, 0.717) is 5.82 Å². The van der Waals surface area contributed by atoms with Gasteiger partial charge in [0.05, 0.1) is 5.51 Å². The van der Waals surface area contributed by atoms with E-state index < -0.39 is 0 Å². The summed E-state index contributed by atoms with van der Waals surface area (Å²) in [5.74, 6) is 0.546. The Labute approximate surface area is 46.0 Å². The summed E-state index contributed by atoms with van der Waals surface area (Å²) in [4.78, 5) is 4.60. The lowest BCUT2D eigenvalue weighted by Crippen LogP contribution is -1.83. The molecule has 0 saturated carbocycles. The second-order valence-corrected chi connectivity index (χ2v) is 2.10. The number of aromatic nitrogens is 1. The molecule has 0 bridgehead atoms. The quantitative estimate of drug-likeness (QED) is 0.543. The van der Waals surface area contributed by atoms with Gasteiger partial charge in [0, 0.05) is 4.88 Å². The van der Waals surface area contributed by atoms with Crippen LogP contribution in [-0.4, -0.2) is 4.98 Å². The first-order valence-electron chi connectivity index (χ1n) is 1.81. The average Bonchev–Trinajstić information content (AvgIpc) is 1.91. The van der Waals surface area contributed by atoms with Crippen molar-refractivity contribution in [2.75, 3.05) is 5.73 Å². The number of hydrogen-bond acceptors (Lipinski definition) is 3. The predicted octanol–water partition coefficient (Wildman–Crippen LogP) is 0.907. The van der Waals surface area contributed by atoms with Gasteiger partial charge in [0.25, 0.3) is 0 Å². The Balaban J connectivity index is 3.12. The lowest BCUT2D eigenvalue weighted by molar-refractivity contribution is 1.42. The van der Waals surface area contributed by atoms with Crippen LogP contribution in [0.25, 0.3) is 0 Å². The summed E-state index contributed by atoms with van der Waals surface area (Å²) in [7, 11) is 0. The van der Waals surface area contributed by atoms with Crippen LogP contribution in [0.4, 0.5) is 5.82 Å². The fraction of sp³-hybridized carbons (Fsp3) is 0. The maximum absolute atomic E-state index is 5.28. The summed E-state index contributed by atoms with van der Waals surface area (Å²) in [6.45, 7) is 3.61. The Morgan fingerprint density at radius 2 is 2.57 bits per heavy atom. The molecule has 2 nitrogen and oxygen atoms in total. The summed E-state index contributed by atoms with van der Waals surface area (Å²) in [6.07, 6.45) is 0. The van der Waals surface area contributed by atoms with Crippen molar-refractivity contribution in [3.63, 3.8) is 0 Å². The van der Waals surface area contributed by atoms with Crippen LogP contribution in [0, 0.1) is 6.92 Å².